The SMILES string of the molecule is COC(=O)[C@H](CN)N1CCN(S(=O)(=O)C=C(C)C)CC1.Cl.Cl. The molecular weight excluding hydrogens is 353 g/mol. The van der Waals surface area contributed by atoms with Gasteiger partial charge in [-0.15, -0.1) is 24.8 Å². The van der Waals surface area contributed by atoms with Crippen LogP contribution in [0.5, 0.6) is 0 Å². The smallest absolute Gasteiger partial charge is 0.324 e. The van der Waals surface area contributed by atoms with Crippen LogP contribution in [0.15, 0.2) is 11.0 Å². The number of esters is 1. The Morgan fingerprint density at radius 3 is 2.09 bits per heavy atom. The van der Waals surface area contributed by atoms with Gasteiger partial charge in [-0.1, -0.05) is 5.57 Å². The van der Waals surface area contributed by atoms with Crippen molar-refractivity contribution in [1.29, 1.82) is 0 Å². The Bertz CT molecular complexity index is 473. The molecule has 0 aromatic rings. The molecule has 132 valence electrons. The second kappa shape index (κ2) is 10.4. The summed E-state index contributed by atoms with van der Waals surface area (Å²) in [5.74, 6) is -0.381. The van der Waals surface area contributed by atoms with Crippen molar-refractivity contribution >= 4 is 40.8 Å². The number of allylic oxidation sites excluding steroid dienone is 1. The minimum atomic E-state index is -3.37. The number of nitrogens with zero attached hydrogens (tertiary/aromatic N) is 2. The average Bonchev–Trinajstić information content (AvgIpc) is 2.38. The van der Waals surface area contributed by atoms with Gasteiger partial charge in [-0.3, -0.25) is 9.69 Å². The third-order valence-electron chi connectivity index (χ3n) is 3.16. The van der Waals surface area contributed by atoms with Gasteiger partial charge in [0.15, 0.2) is 0 Å². The van der Waals surface area contributed by atoms with Crippen molar-refractivity contribution in [3.63, 3.8) is 0 Å². The maximum atomic E-state index is 12.0. The topological polar surface area (TPSA) is 92.9 Å². The van der Waals surface area contributed by atoms with Crippen LogP contribution in [0, 0.1) is 0 Å². The summed E-state index contributed by atoms with van der Waals surface area (Å²) < 4.78 is 30.2. The van der Waals surface area contributed by atoms with E-state index >= 15 is 0 Å². The molecule has 0 aliphatic carbocycles. The maximum absolute atomic E-state index is 12.0. The Hall–Kier alpha value is -0.380. The van der Waals surface area contributed by atoms with Crippen LogP contribution in [-0.4, -0.2) is 69.5 Å². The van der Waals surface area contributed by atoms with E-state index in [0.29, 0.717) is 26.2 Å². The maximum Gasteiger partial charge on any atom is 0.324 e. The molecule has 2 N–H and O–H groups in total. The molecule has 0 radical (unpaired) electrons. The number of hydrogen-bond acceptors (Lipinski definition) is 6. The van der Waals surface area contributed by atoms with Crippen LogP contribution < -0.4 is 5.73 Å². The van der Waals surface area contributed by atoms with Gasteiger partial charge in [0.1, 0.15) is 6.04 Å². The second-order valence-corrected chi connectivity index (χ2v) is 6.73. The van der Waals surface area contributed by atoms with Crippen molar-refractivity contribution in [2.75, 3.05) is 39.8 Å². The molecule has 1 aliphatic rings. The summed E-state index contributed by atoms with van der Waals surface area (Å²) in [4.78, 5) is 13.4. The van der Waals surface area contributed by atoms with Gasteiger partial charge < -0.3 is 10.5 Å². The van der Waals surface area contributed by atoms with Crippen molar-refractivity contribution in [3.05, 3.63) is 11.0 Å². The monoisotopic (exact) mass is 377 g/mol. The van der Waals surface area contributed by atoms with E-state index in [1.54, 1.807) is 13.8 Å². The van der Waals surface area contributed by atoms with E-state index in [0.717, 1.165) is 5.57 Å². The van der Waals surface area contributed by atoms with Crippen LogP contribution in [0.2, 0.25) is 0 Å². The van der Waals surface area contributed by atoms with Gasteiger partial charge in [0.2, 0.25) is 10.0 Å². The standard InChI is InChI=1S/C12H23N3O4S.2ClH/c1-10(2)9-20(17,18)15-6-4-14(5-7-15)11(8-13)12(16)19-3;;/h9,11H,4-8,13H2,1-3H3;2*1H/t11-;;/m0../s1. The molecule has 7 nitrogen and oxygen atoms in total. The van der Waals surface area contributed by atoms with Gasteiger partial charge in [-0.25, -0.2) is 8.42 Å². The fourth-order valence-corrected chi connectivity index (χ4v) is 3.59. The number of rotatable bonds is 5. The molecular formula is C12H25Cl2N3O4S. The molecule has 1 aliphatic heterocycles. The fraction of sp³-hybridized carbons (Fsp3) is 0.750. The molecule has 1 saturated heterocycles. The van der Waals surface area contributed by atoms with Crippen molar-refractivity contribution in [1.82, 2.24) is 9.21 Å². The Morgan fingerprint density at radius 1 is 1.23 bits per heavy atom. The Balaban J connectivity index is 0. The number of halogens is 2. The van der Waals surface area contributed by atoms with E-state index in [2.05, 4.69) is 0 Å². The molecule has 0 amide bonds. The molecule has 0 unspecified atom stereocenters. The molecule has 0 spiro atoms. The average molecular weight is 378 g/mol. The molecule has 10 heteroatoms. The van der Waals surface area contributed by atoms with Crippen molar-refractivity contribution in [3.8, 4) is 0 Å². The summed E-state index contributed by atoms with van der Waals surface area (Å²) in [5, 5.41) is 1.27. The summed E-state index contributed by atoms with van der Waals surface area (Å²) in [6, 6.07) is -0.506. The highest BCUT2D eigenvalue weighted by Crippen LogP contribution is 2.13. The van der Waals surface area contributed by atoms with Gasteiger partial charge in [-0.05, 0) is 13.8 Å². The van der Waals surface area contributed by atoms with E-state index in [4.69, 9.17) is 10.5 Å². The zero-order valence-corrected chi connectivity index (χ0v) is 15.5. The van der Waals surface area contributed by atoms with Gasteiger partial charge in [0.25, 0.3) is 0 Å². The first-order valence-electron chi connectivity index (χ1n) is 6.49. The molecule has 0 aromatic carbocycles. The van der Waals surface area contributed by atoms with Crippen LogP contribution in [-0.2, 0) is 19.6 Å². The zero-order valence-electron chi connectivity index (χ0n) is 13.0. The fourth-order valence-electron chi connectivity index (χ4n) is 2.17. The van der Waals surface area contributed by atoms with E-state index < -0.39 is 16.1 Å². The third-order valence-corrected chi connectivity index (χ3v) is 5.01. The highest BCUT2D eigenvalue weighted by Gasteiger charge is 2.31. The Labute approximate surface area is 144 Å². The molecule has 0 aromatic heterocycles. The van der Waals surface area contributed by atoms with E-state index in [9.17, 15) is 13.2 Å². The molecule has 1 heterocycles. The molecule has 1 rings (SSSR count). The predicted molar refractivity (Wildman–Crippen MR) is 90.9 cm³/mol. The van der Waals surface area contributed by atoms with Gasteiger partial charge in [-0.2, -0.15) is 4.31 Å². The molecule has 0 saturated carbocycles. The second-order valence-electron chi connectivity index (χ2n) is 4.95. The van der Waals surface area contributed by atoms with Gasteiger partial charge in [0.05, 0.1) is 7.11 Å². The van der Waals surface area contributed by atoms with Crippen molar-refractivity contribution in [2.45, 2.75) is 19.9 Å². The zero-order chi connectivity index (χ0) is 15.3. The van der Waals surface area contributed by atoms with Crippen molar-refractivity contribution in [2.24, 2.45) is 5.73 Å². The lowest BCUT2D eigenvalue weighted by atomic mass is 10.2. The summed E-state index contributed by atoms with van der Waals surface area (Å²) in [6.07, 6.45) is 0. The lowest BCUT2D eigenvalue weighted by Crippen LogP contribution is -2.56. The summed E-state index contributed by atoms with van der Waals surface area (Å²) in [7, 11) is -2.05. The molecule has 0 bridgehead atoms. The minimum absolute atomic E-state index is 0. The number of nitrogens with two attached hydrogens (primary N) is 1. The minimum Gasteiger partial charge on any atom is -0.468 e. The highest BCUT2D eigenvalue weighted by atomic mass is 35.5. The van der Waals surface area contributed by atoms with Gasteiger partial charge >= 0.3 is 5.97 Å². The third kappa shape index (κ3) is 6.39. The number of hydrogen-bond donors (Lipinski definition) is 1. The molecule has 1 atom stereocenters. The van der Waals surface area contributed by atoms with E-state index in [1.807, 2.05) is 4.90 Å². The number of carbonyl (C=O) groups excluding carboxylic acids is 1. The van der Waals surface area contributed by atoms with Gasteiger partial charge in [0, 0.05) is 38.1 Å². The number of carbonyl (C=O) groups is 1. The Kier molecular flexibility index (Phi) is 11.3. The predicted octanol–water partition coefficient (Wildman–Crippen LogP) is 0.201. The van der Waals surface area contributed by atoms with E-state index in [-0.39, 0.29) is 37.3 Å². The molecule has 1 fully saturated rings. The van der Waals surface area contributed by atoms with E-state index in [1.165, 1.54) is 16.8 Å². The normalized spacial score (nSPS) is 17.6. The number of methoxy groups -OCH3 is 1. The first kappa shape index (κ1) is 23.9. The molecule has 22 heavy (non-hydrogen) atoms. The van der Waals surface area contributed by atoms with Crippen LogP contribution in [0.3, 0.4) is 0 Å². The van der Waals surface area contributed by atoms with Crippen LogP contribution in [0.25, 0.3) is 0 Å². The highest BCUT2D eigenvalue weighted by molar-refractivity contribution is 7.92. The number of sulfonamides is 1. The largest absolute Gasteiger partial charge is 0.468 e. The first-order valence-corrected chi connectivity index (χ1v) is 7.99. The summed E-state index contributed by atoms with van der Waals surface area (Å²) in [6.45, 7) is 5.28. The van der Waals surface area contributed by atoms with Crippen LogP contribution in [0.1, 0.15) is 13.8 Å². The quantitative estimate of drug-likeness (QED) is 0.687. The number of ether oxygens (including phenoxy) is 1. The lowest BCUT2D eigenvalue weighted by molar-refractivity contribution is -0.147. The van der Waals surface area contributed by atoms with Crippen LogP contribution >= 0.6 is 24.8 Å². The van der Waals surface area contributed by atoms with Crippen molar-refractivity contribution < 1.29 is 17.9 Å². The lowest BCUT2D eigenvalue weighted by Gasteiger charge is -2.36. The Morgan fingerprint density at radius 2 is 1.73 bits per heavy atom. The first-order chi connectivity index (χ1) is 9.31. The number of piperazine rings is 1. The van der Waals surface area contributed by atoms with Crippen LogP contribution in [0.4, 0.5) is 0 Å². The summed E-state index contributed by atoms with van der Waals surface area (Å²) >= 11 is 0. The summed E-state index contributed by atoms with van der Waals surface area (Å²) in [5.41, 5.74) is 6.32.